The van der Waals surface area contributed by atoms with Gasteiger partial charge in [0.05, 0.1) is 23.6 Å². The quantitative estimate of drug-likeness (QED) is 0.870. The molecule has 5 heteroatoms. The Labute approximate surface area is 101 Å². The fourth-order valence-corrected chi connectivity index (χ4v) is 1.73. The van der Waals surface area contributed by atoms with E-state index in [-0.39, 0.29) is 0 Å². The topological polar surface area (TPSA) is 55.6 Å². The molecule has 0 atom stereocenters. The lowest BCUT2D eigenvalue weighted by Gasteiger charge is -2.05. The van der Waals surface area contributed by atoms with Gasteiger partial charge in [-0.1, -0.05) is 6.92 Å². The molecule has 90 valence electrons. The van der Waals surface area contributed by atoms with Crippen molar-refractivity contribution in [1.29, 1.82) is 0 Å². The molecule has 0 aliphatic rings. The smallest absolute Gasteiger partial charge is 0.125 e. The minimum atomic E-state index is 0.696. The van der Waals surface area contributed by atoms with Gasteiger partial charge in [-0.05, 0) is 19.4 Å². The second kappa shape index (κ2) is 4.95. The summed E-state index contributed by atoms with van der Waals surface area (Å²) < 4.78 is 1.83. The molecule has 2 aromatic heterocycles. The van der Waals surface area contributed by atoms with Gasteiger partial charge in [0.1, 0.15) is 5.82 Å². The van der Waals surface area contributed by atoms with Crippen LogP contribution in [0.2, 0.25) is 0 Å². The summed E-state index contributed by atoms with van der Waals surface area (Å²) in [6.07, 6.45) is 4.70. The zero-order valence-electron chi connectivity index (χ0n) is 10.4. The molecular formula is C12H17N5. The molecule has 0 bridgehead atoms. The Morgan fingerprint density at radius 3 is 2.94 bits per heavy atom. The van der Waals surface area contributed by atoms with Crippen molar-refractivity contribution in [3.05, 3.63) is 35.7 Å². The third kappa shape index (κ3) is 2.81. The number of nitrogens with zero attached hydrogens (tertiary/aromatic N) is 4. The average Bonchev–Trinajstić information content (AvgIpc) is 2.67. The Balaban J connectivity index is 2.06. The minimum Gasteiger partial charge on any atom is -0.377 e. The molecule has 2 aromatic rings. The van der Waals surface area contributed by atoms with Crippen molar-refractivity contribution in [2.75, 3.05) is 5.32 Å². The van der Waals surface area contributed by atoms with Gasteiger partial charge >= 0.3 is 0 Å². The molecule has 0 aromatic carbocycles. The summed E-state index contributed by atoms with van der Waals surface area (Å²) in [6, 6.07) is 1.92. The maximum absolute atomic E-state index is 4.38. The van der Waals surface area contributed by atoms with Gasteiger partial charge in [-0.3, -0.25) is 4.68 Å². The number of nitrogens with one attached hydrogen (secondary N) is 1. The van der Waals surface area contributed by atoms with E-state index in [2.05, 4.69) is 27.3 Å². The number of anilines is 1. The van der Waals surface area contributed by atoms with Crippen molar-refractivity contribution in [3.63, 3.8) is 0 Å². The first-order chi connectivity index (χ1) is 8.19. The van der Waals surface area contributed by atoms with Crippen LogP contribution in [0.3, 0.4) is 0 Å². The van der Waals surface area contributed by atoms with Crippen molar-refractivity contribution < 1.29 is 0 Å². The number of hydrogen-bond donors (Lipinski definition) is 1. The van der Waals surface area contributed by atoms with Gasteiger partial charge < -0.3 is 5.32 Å². The van der Waals surface area contributed by atoms with E-state index in [1.165, 1.54) is 0 Å². The number of aryl methyl sites for hydroxylation is 3. The molecule has 0 aliphatic carbocycles. The molecule has 0 unspecified atom stereocenters. The van der Waals surface area contributed by atoms with E-state index in [0.717, 1.165) is 29.3 Å². The van der Waals surface area contributed by atoms with Gasteiger partial charge in [0.2, 0.25) is 0 Å². The third-order valence-electron chi connectivity index (χ3n) is 2.53. The Kier molecular flexibility index (Phi) is 3.37. The highest BCUT2D eigenvalue weighted by Crippen LogP contribution is 2.14. The summed E-state index contributed by atoms with van der Waals surface area (Å²) in [6.45, 7) is 4.69. The van der Waals surface area contributed by atoms with Crippen molar-refractivity contribution in [1.82, 2.24) is 19.7 Å². The van der Waals surface area contributed by atoms with Crippen molar-refractivity contribution in [2.45, 2.75) is 26.8 Å². The van der Waals surface area contributed by atoms with Crippen LogP contribution < -0.4 is 5.32 Å². The monoisotopic (exact) mass is 231 g/mol. The molecule has 17 heavy (non-hydrogen) atoms. The molecular weight excluding hydrogens is 214 g/mol. The summed E-state index contributed by atoms with van der Waals surface area (Å²) in [5.41, 5.74) is 3.15. The van der Waals surface area contributed by atoms with Crippen molar-refractivity contribution >= 4 is 5.69 Å². The molecule has 2 heterocycles. The highest BCUT2D eigenvalue weighted by molar-refractivity contribution is 5.46. The Hall–Kier alpha value is -1.91. The Morgan fingerprint density at radius 2 is 2.24 bits per heavy atom. The van der Waals surface area contributed by atoms with E-state index in [4.69, 9.17) is 0 Å². The maximum atomic E-state index is 4.38. The summed E-state index contributed by atoms with van der Waals surface area (Å²) in [7, 11) is 1.93. The summed E-state index contributed by atoms with van der Waals surface area (Å²) in [5.74, 6) is 0.797. The first kappa shape index (κ1) is 11.6. The molecule has 0 aliphatic heterocycles. The number of hydrogen-bond acceptors (Lipinski definition) is 4. The molecule has 0 spiro atoms. The Morgan fingerprint density at radius 1 is 1.41 bits per heavy atom. The van der Waals surface area contributed by atoms with Gasteiger partial charge in [-0.15, -0.1) is 0 Å². The van der Waals surface area contributed by atoms with Crippen LogP contribution in [0, 0.1) is 6.92 Å². The lowest BCUT2D eigenvalue weighted by Crippen LogP contribution is -2.04. The van der Waals surface area contributed by atoms with E-state index in [9.17, 15) is 0 Å². The van der Waals surface area contributed by atoms with Gasteiger partial charge in [0.15, 0.2) is 0 Å². The molecule has 0 saturated carbocycles. The van der Waals surface area contributed by atoms with Crippen molar-refractivity contribution in [3.8, 4) is 0 Å². The predicted octanol–water partition coefficient (Wildman–Crippen LogP) is 1.69. The van der Waals surface area contributed by atoms with Crippen LogP contribution >= 0.6 is 0 Å². The first-order valence-electron chi connectivity index (χ1n) is 5.74. The summed E-state index contributed by atoms with van der Waals surface area (Å²) in [4.78, 5) is 8.43. The molecule has 0 radical (unpaired) electrons. The van der Waals surface area contributed by atoms with E-state index in [1.54, 1.807) is 6.20 Å². The first-order valence-corrected chi connectivity index (χ1v) is 5.74. The predicted molar refractivity (Wildman–Crippen MR) is 66.7 cm³/mol. The second-order valence-electron chi connectivity index (χ2n) is 3.97. The third-order valence-corrected chi connectivity index (χ3v) is 2.53. The minimum absolute atomic E-state index is 0.696. The van der Waals surface area contributed by atoms with Crippen LogP contribution in [-0.4, -0.2) is 19.7 Å². The van der Waals surface area contributed by atoms with Crippen LogP contribution in [0.5, 0.6) is 0 Å². The fourth-order valence-electron chi connectivity index (χ4n) is 1.73. The van der Waals surface area contributed by atoms with Crippen LogP contribution in [0.15, 0.2) is 18.5 Å². The van der Waals surface area contributed by atoms with Gasteiger partial charge in [0, 0.05) is 19.4 Å². The normalized spacial score (nSPS) is 10.5. The highest BCUT2D eigenvalue weighted by Gasteiger charge is 2.05. The zero-order chi connectivity index (χ0) is 12.3. The fraction of sp³-hybridized carbons (Fsp3) is 0.417. The lowest BCUT2D eigenvalue weighted by molar-refractivity contribution is 0.746. The van der Waals surface area contributed by atoms with Crippen LogP contribution in [-0.2, 0) is 20.0 Å². The van der Waals surface area contributed by atoms with Crippen LogP contribution in [0.25, 0.3) is 0 Å². The zero-order valence-corrected chi connectivity index (χ0v) is 10.4. The van der Waals surface area contributed by atoms with Gasteiger partial charge in [-0.2, -0.15) is 5.10 Å². The largest absolute Gasteiger partial charge is 0.377 e. The van der Waals surface area contributed by atoms with E-state index in [1.807, 2.05) is 30.9 Å². The van der Waals surface area contributed by atoms with Crippen molar-refractivity contribution in [2.24, 2.45) is 7.05 Å². The lowest BCUT2D eigenvalue weighted by atomic mass is 10.3. The number of rotatable bonds is 4. The van der Waals surface area contributed by atoms with E-state index >= 15 is 0 Å². The average molecular weight is 231 g/mol. The number of aromatic nitrogens is 4. The standard InChI is InChI=1S/C12H17N5/c1-4-11-12(8-17(3)16-11)14-7-10-5-6-13-9(2)15-10/h5-6,8,14H,4,7H2,1-3H3. The molecule has 5 nitrogen and oxygen atoms in total. The van der Waals surface area contributed by atoms with Gasteiger partial charge in [-0.25, -0.2) is 9.97 Å². The summed E-state index contributed by atoms with van der Waals surface area (Å²) in [5, 5.41) is 7.74. The Bertz CT molecular complexity index is 503. The molecule has 2 rings (SSSR count). The molecule has 0 amide bonds. The maximum Gasteiger partial charge on any atom is 0.125 e. The van der Waals surface area contributed by atoms with Gasteiger partial charge in [0.25, 0.3) is 0 Å². The molecule has 0 fully saturated rings. The highest BCUT2D eigenvalue weighted by atomic mass is 15.3. The van der Waals surface area contributed by atoms with E-state index < -0.39 is 0 Å². The molecule has 0 saturated heterocycles. The summed E-state index contributed by atoms with van der Waals surface area (Å²) >= 11 is 0. The second-order valence-corrected chi connectivity index (χ2v) is 3.97. The SMILES string of the molecule is CCc1nn(C)cc1NCc1ccnc(C)n1. The van der Waals surface area contributed by atoms with E-state index in [0.29, 0.717) is 6.54 Å². The van der Waals surface area contributed by atoms with Crippen LogP contribution in [0.4, 0.5) is 5.69 Å². The molecule has 1 N–H and O–H groups in total. The van der Waals surface area contributed by atoms with Crippen LogP contribution in [0.1, 0.15) is 24.1 Å².